The van der Waals surface area contributed by atoms with Crippen molar-refractivity contribution in [3.05, 3.63) is 54.6 Å². The molecule has 1 unspecified atom stereocenters. The van der Waals surface area contributed by atoms with Crippen molar-refractivity contribution in [1.29, 1.82) is 0 Å². The number of aryl methyl sites for hydroxylation is 1. The van der Waals surface area contributed by atoms with E-state index in [1.165, 1.54) is 31.9 Å². The van der Waals surface area contributed by atoms with Gasteiger partial charge in [0.15, 0.2) is 23.6 Å². The van der Waals surface area contributed by atoms with Crippen LogP contribution in [-0.2, 0) is 23.4 Å². The number of carbonyl (C=O) groups is 1. The molecule has 1 saturated carbocycles. The number of esters is 1. The number of fused-ring (bicyclic) bond motifs is 2. The molecule has 2 aromatic heterocycles. The van der Waals surface area contributed by atoms with Gasteiger partial charge in [-0.05, 0) is 57.9 Å². The number of rotatable bonds is 11. The minimum absolute atomic E-state index is 0.216. The number of benzene rings is 2. The van der Waals surface area contributed by atoms with Gasteiger partial charge in [-0.1, -0.05) is 42.8 Å². The van der Waals surface area contributed by atoms with Crippen LogP contribution in [-0.4, -0.2) is 74.3 Å². The SMILES string of the molecule is COc1nc(C)nc2c1ncn2[C@@H]1O[C@H](COP(=O)(N[C@@H](C)C(=O)OC2CCCCC2)Oc2cccc3ccccc23)[C@@H](F)[C@@]1(C)O. The van der Waals surface area contributed by atoms with Crippen LogP contribution in [0.3, 0.4) is 0 Å². The summed E-state index contributed by atoms with van der Waals surface area (Å²) in [6, 6.07) is 11.5. The molecule has 4 aromatic rings. The number of ether oxygens (including phenoxy) is 3. The first kappa shape index (κ1) is 33.2. The monoisotopic (exact) mass is 671 g/mol. The van der Waals surface area contributed by atoms with E-state index in [1.807, 2.05) is 24.3 Å². The van der Waals surface area contributed by atoms with E-state index in [0.717, 1.165) is 37.5 Å². The number of aliphatic hydroxyl groups is 1. The largest absolute Gasteiger partial charge is 0.479 e. The van der Waals surface area contributed by atoms with Gasteiger partial charge in [0.05, 0.1) is 20.0 Å². The Morgan fingerprint density at radius 1 is 1.19 bits per heavy atom. The zero-order valence-electron chi connectivity index (χ0n) is 26.7. The van der Waals surface area contributed by atoms with Crippen LogP contribution in [0.15, 0.2) is 48.8 Å². The summed E-state index contributed by atoms with van der Waals surface area (Å²) < 4.78 is 60.5. The molecule has 0 amide bonds. The molecule has 0 bridgehead atoms. The van der Waals surface area contributed by atoms with Crippen LogP contribution in [0.25, 0.3) is 21.9 Å². The van der Waals surface area contributed by atoms with Crippen LogP contribution < -0.4 is 14.3 Å². The summed E-state index contributed by atoms with van der Waals surface area (Å²) in [7, 11) is -2.96. The standard InChI is InChI=1S/C32H39FN5O8P/c1-19(30(39)44-22-13-6-5-7-14-22)37-47(41,46-24-16-10-12-21-11-8-9-15-23(21)24)43-17-25-27(33)32(3,40)31(45-25)38-18-34-26-28(38)35-20(2)36-29(26)42-4/h8-12,15-16,18-19,22,25,27,31,40H,5-7,13-14,17H2,1-4H3,(H,37,41)/t19-,25+,27+,31+,32+,47?/m0/s1. The van der Waals surface area contributed by atoms with Gasteiger partial charge in [0.25, 0.3) is 0 Å². The quantitative estimate of drug-likeness (QED) is 0.156. The number of nitrogens with zero attached hydrogens (tertiary/aromatic N) is 4. The van der Waals surface area contributed by atoms with Crippen LogP contribution >= 0.6 is 7.75 Å². The van der Waals surface area contributed by atoms with E-state index in [-0.39, 0.29) is 23.4 Å². The fourth-order valence-electron chi connectivity index (χ4n) is 6.07. The van der Waals surface area contributed by atoms with Crippen LogP contribution in [0.1, 0.15) is 58.0 Å². The van der Waals surface area contributed by atoms with Crippen LogP contribution in [0.5, 0.6) is 11.6 Å². The fraction of sp³-hybridized carbons (Fsp3) is 0.500. The average molecular weight is 672 g/mol. The third kappa shape index (κ3) is 6.84. The molecule has 47 heavy (non-hydrogen) atoms. The topological polar surface area (TPSA) is 156 Å². The number of carbonyl (C=O) groups excluding carboxylic acids is 1. The Hall–Kier alpha value is -3.68. The van der Waals surface area contributed by atoms with Crippen LogP contribution in [0.2, 0.25) is 0 Å². The van der Waals surface area contributed by atoms with E-state index >= 15 is 4.39 Å². The van der Waals surface area contributed by atoms with E-state index in [4.69, 9.17) is 23.3 Å². The lowest BCUT2D eigenvalue weighted by Gasteiger charge is -2.27. The molecular formula is C32H39FN5O8P. The molecule has 2 aliphatic rings. The number of alkyl halides is 1. The van der Waals surface area contributed by atoms with Crippen molar-refractivity contribution >= 4 is 35.7 Å². The molecule has 2 fully saturated rings. The van der Waals surface area contributed by atoms with Gasteiger partial charge < -0.3 is 23.8 Å². The summed E-state index contributed by atoms with van der Waals surface area (Å²) in [6.07, 6.45) is 1.03. The number of nitrogens with one attached hydrogen (secondary N) is 1. The van der Waals surface area contributed by atoms with Crippen LogP contribution in [0.4, 0.5) is 4.39 Å². The first-order valence-electron chi connectivity index (χ1n) is 15.7. The molecule has 252 valence electrons. The summed E-state index contributed by atoms with van der Waals surface area (Å²) in [6.45, 7) is 3.85. The first-order valence-corrected chi connectivity index (χ1v) is 17.2. The van der Waals surface area contributed by atoms with E-state index in [1.54, 1.807) is 25.1 Å². The van der Waals surface area contributed by atoms with Gasteiger partial charge in [-0.2, -0.15) is 10.1 Å². The first-order chi connectivity index (χ1) is 22.5. The van der Waals surface area contributed by atoms with Gasteiger partial charge in [0.2, 0.25) is 5.88 Å². The molecule has 1 aliphatic carbocycles. The zero-order chi connectivity index (χ0) is 33.3. The summed E-state index contributed by atoms with van der Waals surface area (Å²) in [4.78, 5) is 25.9. The number of halogens is 1. The number of hydrogen-bond donors (Lipinski definition) is 2. The second-order valence-corrected chi connectivity index (χ2v) is 13.9. The molecule has 3 heterocycles. The highest BCUT2D eigenvalue weighted by atomic mass is 31.2. The Morgan fingerprint density at radius 2 is 1.94 bits per heavy atom. The van der Waals surface area contributed by atoms with Crippen molar-refractivity contribution in [2.45, 2.75) is 89.1 Å². The Morgan fingerprint density at radius 3 is 2.70 bits per heavy atom. The lowest BCUT2D eigenvalue weighted by atomic mass is 9.98. The van der Waals surface area contributed by atoms with Gasteiger partial charge >= 0.3 is 13.7 Å². The molecule has 1 aliphatic heterocycles. The number of methoxy groups -OCH3 is 1. The smallest absolute Gasteiger partial charge is 0.459 e. The third-order valence-corrected chi connectivity index (χ3v) is 10.2. The Kier molecular flexibility index (Phi) is 9.50. The summed E-state index contributed by atoms with van der Waals surface area (Å²) in [5.41, 5.74) is -1.50. The molecule has 1 saturated heterocycles. The van der Waals surface area contributed by atoms with E-state index < -0.39 is 50.5 Å². The zero-order valence-corrected chi connectivity index (χ0v) is 27.6. The Bertz CT molecular complexity index is 1790. The molecule has 2 aromatic carbocycles. The molecule has 6 atom stereocenters. The highest BCUT2D eigenvalue weighted by Crippen LogP contribution is 2.49. The predicted octanol–water partition coefficient (Wildman–Crippen LogP) is 5.34. The maximum Gasteiger partial charge on any atom is 0.459 e. The van der Waals surface area contributed by atoms with Crippen molar-refractivity contribution in [3.63, 3.8) is 0 Å². The molecule has 15 heteroatoms. The predicted molar refractivity (Wildman–Crippen MR) is 170 cm³/mol. The van der Waals surface area contributed by atoms with Crippen molar-refractivity contribution in [1.82, 2.24) is 24.6 Å². The molecular weight excluding hydrogens is 632 g/mol. The van der Waals surface area contributed by atoms with Gasteiger partial charge in [0, 0.05) is 5.39 Å². The van der Waals surface area contributed by atoms with Gasteiger partial charge in [-0.25, -0.2) is 18.9 Å². The second-order valence-electron chi connectivity index (χ2n) is 12.2. The van der Waals surface area contributed by atoms with E-state index in [2.05, 4.69) is 20.0 Å². The molecule has 0 spiro atoms. The number of imidazole rings is 1. The van der Waals surface area contributed by atoms with Gasteiger partial charge in [-0.15, -0.1) is 0 Å². The minimum atomic E-state index is -4.40. The van der Waals surface area contributed by atoms with Crippen molar-refractivity contribution in [2.24, 2.45) is 0 Å². The maximum atomic E-state index is 15.9. The fourth-order valence-corrected chi connectivity index (χ4v) is 7.59. The normalized spacial score (nSPS) is 25.4. The summed E-state index contributed by atoms with van der Waals surface area (Å²) in [5, 5.41) is 15.5. The second kappa shape index (κ2) is 13.4. The summed E-state index contributed by atoms with van der Waals surface area (Å²) in [5.74, 6) is 0.216. The third-order valence-electron chi connectivity index (χ3n) is 8.55. The molecule has 13 nitrogen and oxygen atoms in total. The highest BCUT2D eigenvalue weighted by molar-refractivity contribution is 7.52. The van der Waals surface area contributed by atoms with Gasteiger partial charge in [0.1, 0.15) is 35.4 Å². The van der Waals surface area contributed by atoms with E-state index in [0.29, 0.717) is 16.7 Å². The minimum Gasteiger partial charge on any atom is -0.479 e. The Labute approximate surface area is 271 Å². The molecule has 2 N–H and O–H groups in total. The highest BCUT2D eigenvalue weighted by Gasteiger charge is 2.55. The molecule has 0 radical (unpaired) electrons. The van der Waals surface area contributed by atoms with Crippen molar-refractivity contribution < 1.29 is 42.1 Å². The lowest BCUT2D eigenvalue weighted by Crippen LogP contribution is -2.42. The number of aromatic nitrogens is 4. The average Bonchev–Trinajstić information content (AvgIpc) is 3.57. The van der Waals surface area contributed by atoms with Crippen LogP contribution in [0, 0.1) is 6.92 Å². The van der Waals surface area contributed by atoms with Crippen molar-refractivity contribution in [3.8, 4) is 11.6 Å². The van der Waals surface area contributed by atoms with E-state index in [9.17, 15) is 14.5 Å². The summed E-state index contributed by atoms with van der Waals surface area (Å²) >= 11 is 0. The van der Waals surface area contributed by atoms with Gasteiger partial charge in [-0.3, -0.25) is 13.9 Å². The maximum absolute atomic E-state index is 15.9. The molecule has 6 rings (SSSR count). The Balaban J connectivity index is 1.24. The van der Waals surface area contributed by atoms with Crippen molar-refractivity contribution in [2.75, 3.05) is 13.7 Å². The lowest BCUT2D eigenvalue weighted by molar-refractivity contribution is -0.152. The number of hydrogen-bond acceptors (Lipinski definition) is 11.